The van der Waals surface area contributed by atoms with Gasteiger partial charge in [0.15, 0.2) is 17.3 Å². The van der Waals surface area contributed by atoms with Crippen LogP contribution in [0.15, 0.2) is 30.5 Å². The second-order valence-corrected chi connectivity index (χ2v) is 6.98. The molecule has 3 heterocycles. The number of hydrogen-bond acceptors (Lipinski definition) is 8. The van der Waals surface area contributed by atoms with Gasteiger partial charge in [0.05, 0.1) is 30.4 Å². The summed E-state index contributed by atoms with van der Waals surface area (Å²) in [6, 6.07) is 7.76. The molecule has 10 heteroatoms. The van der Waals surface area contributed by atoms with Crippen LogP contribution >= 0.6 is 0 Å². The van der Waals surface area contributed by atoms with Crippen LogP contribution in [0, 0.1) is 0 Å². The molecule has 1 saturated heterocycles. The number of para-hydroxylation sites is 2. The molecule has 30 heavy (non-hydrogen) atoms. The minimum absolute atomic E-state index is 0.0166. The minimum atomic E-state index is -0.0166. The van der Waals surface area contributed by atoms with Crippen LogP contribution in [0.2, 0.25) is 0 Å². The Bertz CT molecular complexity index is 982. The van der Waals surface area contributed by atoms with Crippen LogP contribution in [0.5, 0.6) is 0 Å². The van der Waals surface area contributed by atoms with Crippen LogP contribution in [0.1, 0.15) is 0 Å². The summed E-state index contributed by atoms with van der Waals surface area (Å²) in [5.41, 5.74) is 8.36. The van der Waals surface area contributed by atoms with Gasteiger partial charge in [0.2, 0.25) is 5.91 Å². The zero-order valence-electron chi connectivity index (χ0n) is 16.9. The highest BCUT2D eigenvalue weighted by atomic mass is 16.5. The lowest BCUT2D eigenvalue weighted by molar-refractivity contribution is -0.136. The molecule has 2 aromatic heterocycles. The molecule has 0 aliphatic carbocycles. The average Bonchev–Trinajstić information content (AvgIpc) is 3.21. The van der Waals surface area contributed by atoms with E-state index in [1.807, 2.05) is 24.3 Å². The number of nitrogens with zero attached hydrogens (tertiary/aromatic N) is 5. The van der Waals surface area contributed by atoms with Crippen molar-refractivity contribution in [1.82, 2.24) is 24.8 Å². The number of benzene rings is 1. The molecule has 158 valence electrons. The molecular formula is C20H25N7O3. The number of ether oxygens (including phenoxy) is 2. The third-order valence-corrected chi connectivity index (χ3v) is 5.02. The molecule has 0 radical (unpaired) electrons. The number of hydrogen-bond donors (Lipinski definition) is 2. The molecule has 0 spiro atoms. The highest BCUT2D eigenvalue weighted by Gasteiger charge is 2.23. The van der Waals surface area contributed by atoms with Crippen molar-refractivity contribution in [2.45, 2.75) is 0 Å². The number of aromatic amines is 1. The first-order valence-corrected chi connectivity index (χ1v) is 9.83. The smallest absolute Gasteiger partial charge is 0.248 e. The van der Waals surface area contributed by atoms with Gasteiger partial charge in [-0.3, -0.25) is 4.79 Å². The third-order valence-electron chi connectivity index (χ3n) is 5.02. The lowest BCUT2D eigenvalue weighted by atomic mass is 10.3. The molecule has 3 aromatic rings. The fourth-order valence-electron chi connectivity index (χ4n) is 3.36. The van der Waals surface area contributed by atoms with E-state index in [2.05, 4.69) is 19.9 Å². The monoisotopic (exact) mass is 411 g/mol. The Morgan fingerprint density at radius 2 is 1.97 bits per heavy atom. The number of amides is 1. The van der Waals surface area contributed by atoms with Gasteiger partial charge in [-0.1, -0.05) is 12.1 Å². The van der Waals surface area contributed by atoms with E-state index < -0.39 is 0 Å². The Morgan fingerprint density at radius 1 is 1.17 bits per heavy atom. The molecule has 10 nitrogen and oxygen atoms in total. The summed E-state index contributed by atoms with van der Waals surface area (Å²) < 4.78 is 10.2. The molecular weight excluding hydrogens is 386 g/mol. The van der Waals surface area contributed by atoms with E-state index in [0.29, 0.717) is 62.5 Å². The fourth-order valence-corrected chi connectivity index (χ4v) is 3.36. The third kappa shape index (κ3) is 4.34. The predicted octanol–water partition coefficient (Wildman–Crippen LogP) is 0.914. The minimum Gasteiger partial charge on any atom is -0.382 e. The number of carbonyl (C=O) groups is 1. The highest BCUT2D eigenvalue weighted by molar-refractivity contribution is 5.80. The molecule has 0 saturated carbocycles. The van der Waals surface area contributed by atoms with Crippen molar-refractivity contribution in [3.8, 4) is 11.5 Å². The molecule has 1 aromatic carbocycles. The number of rotatable bonds is 7. The van der Waals surface area contributed by atoms with Crippen molar-refractivity contribution in [3.05, 3.63) is 30.5 Å². The molecule has 0 atom stereocenters. The SMILES string of the molecule is COCCOCC(=O)N1CCN(c2cnc(N)c(-c3nc4ccccc4[nH]3)n2)CC1. The van der Waals surface area contributed by atoms with Gasteiger partial charge in [-0.15, -0.1) is 0 Å². The van der Waals surface area contributed by atoms with E-state index in [1.165, 1.54) is 0 Å². The maximum absolute atomic E-state index is 12.3. The first kappa shape index (κ1) is 20.0. The number of piperazine rings is 1. The zero-order chi connectivity index (χ0) is 20.9. The van der Waals surface area contributed by atoms with E-state index in [9.17, 15) is 4.79 Å². The second-order valence-electron chi connectivity index (χ2n) is 6.98. The average molecular weight is 411 g/mol. The molecule has 0 unspecified atom stereocenters. The van der Waals surface area contributed by atoms with E-state index in [0.717, 1.165) is 11.0 Å². The molecule has 3 N–H and O–H groups in total. The van der Waals surface area contributed by atoms with Crippen molar-refractivity contribution < 1.29 is 14.3 Å². The maximum atomic E-state index is 12.3. The van der Waals surface area contributed by atoms with Gasteiger partial charge in [-0.05, 0) is 12.1 Å². The van der Waals surface area contributed by atoms with Crippen LogP contribution < -0.4 is 10.6 Å². The first-order chi connectivity index (χ1) is 14.7. The van der Waals surface area contributed by atoms with Crippen LogP contribution in [0.3, 0.4) is 0 Å². The summed E-state index contributed by atoms with van der Waals surface area (Å²) in [5.74, 6) is 1.60. The number of anilines is 2. The summed E-state index contributed by atoms with van der Waals surface area (Å²) >= 11 is 0. The number of H-pyrrole nitrogens is 1. The number of fused-ring (bicyclic) bond motifs is 1. The van der Waals surface area contributed by atoms with E-state index in [-0.39, 0.29) is 12.5 Å². The number of nitrogens with two attached hydrogens (primary N) is 1. The Balaban J connectivity index is 1.42. The van der Waals surface area contributed by atoms with Gasteiger partial charge < -0.3 is 30.0 Å². The van der Waals surface area contributed by atoms with Crippen molar-refractivity contribution in [1.29, 1.82) is 0 Å². The first-order valence-electron chi connectivity index (χ1n) is 9.83. The molecule has 4 rings (SSSR count). The largest absolute Gasteiger partial charge is 0.382 e. The molecule has 0 bridgehead atoms. The second kappa shape index (κ2) is 9.06. The zero-order valence-corrected chi connectivity index (χ0v) is 16.9. The van der Waals surface area contributed by atoms with E-state index in [4.69, 9.17) is 20.2 Å². The quantitative estimate of drug-likeness (QED) is 0.550. The van der Waals surface area contributed by atoms with Crippen molar-refractivity contribution in [2.24, 2.45) is 0 Å². The fraction of sp³-hybridized carbons (Fsp3) is 0.400. The number of imidazole rings is 1. The van der Waals surface area contributed by atoms with Gasteiger partial charge in [-0.25, -0.2) is 15.0 Å². The topological polar surface area (TPSA) is 122 Å². The number of aromatic nitrogens is 4. The number of methoxy groups -OCH3 is 1. The molecule has 1 aliphatic heterocycles. The molecule has 1 amide bonds. The van der Waals surface area contributed by atoms with Crippen molar-refractivity contribution in [2.75, 3.05) is 63.7 Å². The highest BCUT2D eigenvalue weighted by Crippen LogP contribution is 2.25. The van der Waals surface area contributed by atoms with Crippen molar-refractivity contribution in [3.63, 3.8) is 0 Å². The standard InChI is InChI=1S/C20H25N7O3/c1-29-10-11-30-13-17(28)27-8-6-26(7-9-27)16-12-22-19(21)18(25-16)20-23-14-4-2-3-5-15(14)24-20/h2-5,12H,6-11,13H2,1H3,(H2,21,22)(H,23,24). The van der Waals surface area contributed by atoms with Crippen LogP contribution in [0.4, 0.5) is 11.6 Å². The lowest BCUT2D eigenvalue weighted by Crippen LogP contribution is -2.50. The molecule has 1 fully saturated rings. The summed E-state index contributed by atoms with van der Waals surface area (Å²) in [4.78, 5) is 33.0. The van der Waals surface area contributed by atoms with Crippen molar-refractivity contribution >= 4 is 28.6 Å². The van der Waals surface area contributed by atoms with Crippen LogP contribution in [-0.2, 0) is 14.3 Å². The summed E-state index contributed by atoms with van der Waals surface area (Å²) in [5, 5.41) is 0. The Kier molecular flexibility index (Phi) is 6.05. The lowest BCUT2D eigenvalue weighted by Gasteiger charge is -2.35. The normalized spacial score (nSPS) is 14.4. The van der Waals surface area contributed by atoms with Crippen LogP contribution in [0.25, 0.3) is 22.6 Å². The summed E-state index contributed by atoms with van der Waals surface area (Å²) in [6.07, 6.45) is 1.66. The number of carbonyl (C=O) groups excluding carboxylic acids is 1. The van der Waals surface area contributed by atoms with Gasteiger partial charge >= 0.3 is 0 Å². The van der Waals surface area contributed by atoms with E-state index >= 15 is 0 Å². The van der Waals surface area contributed by atoms with Gasteiger partial charge in [-0.2, -0.15) is 0 Å². The predicted molar refractivity (Wildman–Crippen MR) is 113 cm³/mol. The van der Waals surface area contributed by atoms with Gasteiger partial charge in [0.1, 0.15) is 12.4 Å². The van der Waals surface area contributed by atoms with E-state index in [1.54, 1.807) is 18.2 Å². The van der Waals surface area contributed by atoms with Crippen LogP contribution in [-0.4, -0.2) is 83.9 Å². The Morgan fingerprint density at radius 3 is 2.73 bits per heavy atom. The molecule has 1 aliphatic rings. The summed E-state index contributed by atoms with van der Waals surface area (Å²) in [6.45, 7) is 3.46. The maximum Gasteiger partial charge on any atom is 0.248 e. The van der Waals surface area contributed by atoms with Gasteiger partial charge in [0.25, 0.3) is 0 Å². The Labute approximate surface area is 174 Å². The van der Waals surface area contributed by atoms with Gasteiger partial charge in [0, 0.05) is 33.3 Å². The Hall–Kier alpha value is -3.24. The summed E-state index contributed by atoms with van der Waals surface area (Å²) in [7, 11) is 1.60. The number of nitrogens with one attached hydrogen (secondary N) is 1. The number of nitrogen functional groups attached to an aromatic ring is 1.